The van der Waals surface area contributed by atoms with Crippen LogP contribution in [-0.2, 0) is 15.0 Å². The fraction of sp³-hybridized carbons (Fsp3) is 0.160. The van der Waals surface area contributed by atoms with Gasteiger partial charge in [-0.05, 0) is 53.6 Å². The molecule has 1 aliphatic heterocycles. The Morgan fingerprint density at radius 2 is 1.46 bits per heavy atom. The van der Waals surface area contributed by atoms with Gasteiger partial charge >= 0.3 is 6.36 Å². The fourth-order valence-corrected chi connectivity index (χ4v) is 4.91. The third-order valence-electron chi connectivity index (χ3n) is 5.90. The number of carbonyl (C=O) groups excluding carboxylic acids is 2. The van der Waals surface area contributed by atoms with Crippen molar-refractivity contribution in [2.24, 2.45) is 5.92 Å². The molecule has 0 spiro atoms. The first-order valence-electron chi connectivity index (χ1n) is 10.2. The first-order chi connectivity index (χ1) is 16.5. The van der Waals surface area contributed by atoms with Gasteiger partial charge in [0.05, 0.1) is 23.2 Å². The second kappa shape index (κ2) is 8.91. The summed E-state index contributed by atoms with van der Waals surface area (Å²) in [5.74, 6) is -2.62. The number of anilines is 1. The first kappa shape index (κ1) is 24.6. The van der Waals surface area contributed by atoms with E-state index in [1.54, 1.807) is 19.1 Å². The molecule has 0 aromatic heterocycles. The predicted molar refractivity (Wildman–Crippen MR) is 123 cm³/mol. The van der Waals surface area contributed by atoms with Crippen LogP contribution in [0, 0.1) is 17.2 Å². The zero-order chi connectivity index (χ0) is 25.5. The van der Waals surface area contributed by atoms with Gasteiger partial charge in [-0.15, -0.1) is 13.2 Å². The van der Waals surface area contributed by atoms with Crippen LogP contribution in [0.5, 0.6) is 5.75 Å². The minimum Gasteiger partial charge on any atom is -0.406 e. The van der Waals surface area contributed by atoms with Crippen molar-refractivity contribution in [1.82, 2.24) is 0 Å². The molecule has 1 saturated heterocycles. The summed E-state index contributed by atoms with van der Waals surface area (Å²) in [4.78, 5) is 28.5. The van der Waals surface area contributed by atoms with Gasteiger partial charge in [-0.25, -0.2) is 4.90 Å². The summed E-state index contributed by atoms with van der Waals surface area (Å²) < 4.78 is 41.9. The molecule has 1 aliphatic rings. The number of ether oxygens (including phenoxy) is 1. The molecule has 1 heterocycles. The number of carbonyl (C=O) groups is 2. The van der Waals surface area contributed by atoms with E-state index in [0.717, 1.165) is 17.0 Å². The number of imide groups is 1. The fourth-order valence-electron chi connectivity index (χ4n) is 4.39. The lowest BCUT2D eigenvalue weighted by molar-refractivity contribution is -0.274. The topological polar surface area (TPSA) is 70.4 Å². The van der Waals surface area contributed by atoms with Gasteiger partial charge in [-0.1, -0.05) is 54.4 Å². The van der Waals surface area contributed by atoms with Crippen molar-refractivity contribution in [1.29, 1.82) is 5.26 Å². The third kappa shape index (κ3) is 4.33. The molecule has 0 bridgehead atoms. The van der Waals surface area contributed by atoms with Crippen molar-refractivity contribution in [3.05, 3.63) is 93.5 Å². The molecule has 2 amide bonds. The van der Waals surface area contributed by atoms with Crippen molar-refractivity contribution < 1.29 is 27.5 Å². The van der Waals surface area contributed by atoms with Gasteiger partial charge in [0.15, 0.2) is 0 Å². The molecule has 178 valence electrons. The maximum absolute atomic E-state index is 14.1. The summed E-state index contributed by atoms with van der Waals surface area (Å²) in [6.45, 7) is 1.56. The lowest BCUT2D eigenvalue weighted by Crippen LogP contribution is -2.41. The molecule has 3 aromatic carbocycles. The maximum atomic E-state index is 14.1. The van der Waals surface area contributed by atoms with Gasteiger partial charge in [0.1, 0.15) is 11.2 Å². The Morgan fingerprint density at radius 3 is 1.94 bits per heavy atom. The van der Waals surface area contributed by atoms with Crippen LogP contribution in [-0.4, -0.2) is 18.2 Å². The van der Waals surface area contributed by atoms with Gasteiger partial charge in [0, 0.05) is 10.0 Å². The van der Waals surface area contributed by atoms with Crippen molar-refractivity contribution in [3.63, 3.8) is 0 Å². The smallest absolute Gasteiger partial charge is 0.406 e. The summed E-state index contributed by atoms with van der Waals surface area (Å²) in [6.07, 6.45) is -4.89. The van der Waals surface area contributed by atoms with Crippen molar-refractivity contribution >= 4 is 40.7 Å². The van der Waals surface area contributed by atoms with E-state index in [-0.39, 0.29) is 21.3 Å². The zero-order valence-corrected chi connectivity index (χ0v) is 19.4. The molecule has 2 atom stereocenters. The molecule has 1 fully saturated rings. The highest BCUT2D eigenvalue weighted by Gasteiger charge is 2.59. The van der Waals surface area contributed by atoms with Gasteiger partial charge in [-0.2, -0.15) is 5.26 Å². The molecule has 1 unspecified atom stereocenters. The Morgan fingerprint density at radius 1 is 0.943 bits per heavy atom. The van der Waals surface area contributed by atoms with Crippen LogP contribution in [0.25, 0.3) is 0 Å². The molecular formula is C25H15Cl2F3N2O3. The van der Waals surface area contributed by atoms with E-state index < -0.39 is 35.3 Å². The number of benzene rings is 3. The van der Waals surface area contributed by atoms with Crippen LogP contribution in [0.3, 0.4) is 0 Å². The van der Waals surface area contributed by atoms with Crippen molar-refractivity contribution in [3.8, 4) is 11.8 Å². The van der Waals surface area contributed by atoms with Gasteiger partial charge in [0.2, 0.25) is 11.8 Å². The minimum absolute atomic E-state index is 0.164. The van der Waals surface area contributed by atoms with Crippen LogP contribution in [0.2, 0.25) is 10.0 Å². The van der Waals surface area contributed by atoms with E-state index in [1.807, 2.05) is 6.07 Å². The zero-order valence-electron chi connectivity index (χ0n) is 17.9. The van der Waals surface area contributed by atoms with Crippen LogP contribution in [0.1, 0.15) is 23.6 Å². The Bertz CT molecular complexity index is 1330. The van der Waals surface area contributed by atoms with Crippen LogP contribution >= 0.6 is 23.2 Å². The largest absolute Gasteiger partial charge is 0.573 e. The molecule has 0 N–H and O–H groups in total. The number of hydrogen-bond acceptors (Lipinski definition) is 4. The number of nitriles is 1. The van der Waals surface area contributed by atoms with Gasteiger partial charge in [-0.3, -0.25) is 9.59 Å². The van der Waals surface area contributed by atoms with E-state index in [1.165, 1.54) is 42.5 Å². The summed E-state index contributed by atoms with van der Waals surface area (Å²) in [5, 5.41) is 9.60. The molecular weight excluding hydrogens is 504 g/mol. The lowest BCUT2D eigenvalue weighted by atomic mass is 9.67. The standard InChI is InChI=1S/C25H15Cl2F3N2O3/c1-14-22(33)32(20-11-18(26)10-19(27)12-20)23(34)24(14,16-4-2-15(13-31)3-5-16)17-6-8-21(9-7-17)35-25(28,29)30/h2-12,14H,1H3/t14?,24-/m1/s1. The number of nitrogens with zero attached hydrogens (tertiary/aromatic N) is 2. The Hall–Kier alpha value is -3.54. The van der Waals surface area contributed by atoms with E-state index in [4.69, 9.17) is 23.2 Å². The number of amides is 2. The normalized spacial score (nSPS) is 20.1. The maximum Gasteiger partial charge on any atom is 0.573 e. The average Bonchev–Trinajstić information content (AvgIpc) is 2.98. The van der Waals surface area contributed by atoms with Crippen LogP contribution in [0.4, 0.5) is 18.9 Å². The lowest BCUT2D eigenvalue weighted by Gasteiger charge is -2.31. The SMILES string of the molecule is CC1C(=O)N(c2cc(Cl)cc(Cl)c2)C(=O)[C@]1(c1ccc(C#N)cc1)c1ccc(OC(F)(F)F)cc1. The van der Waals surface area contributed by atoms with E-state index in [2.05, 4.69) is 4.74 Å². The van der Waals surface area contributed by atoms with Crippen molar-refractivity contribution in [2.45, 2.75) is 18.7 Å². The van der Waals surface area contributed by atoms with Gasteiger partial charge in [0.25, 0.3) is 0 Å². The second-order valence-electron chi connectivity index (χ2n) is 7.90. The first-order valence-corrected chi connectivity index (χ1v) is 10.9. The predicted octanol–water partition coefficient (Wildman–Crippen LogP) is 6.26. The van der Waals surface area contributed by atoms with E-state index >= 15 is 0 Å². The Labute approximate surface area is 208 Å². The summed E-state index contributed by atoms with van der Waals surface area (Å²) in [5.41, 5.74) is -0.435. The number of halogens is 5. The Kier molecular flexibility index (Phi) is 6.26. The Balaban J connectivity index is 1.91. The third-order valence-corrected chi connectivity index (χ3v) is 6.34. The van der Waals surface area contributed by atoms with E-state index in [0.29, 0.717) is 11.1 Å². The molecule has 0 aliphatic carbocycles. The molecule has 0 radical (unpaired) electrons. The number of alkyl halides is 3. The van der Waals surface area contributed by atoms with Crippen LogP contribution < -0.4 is 9.64 Å². The summed E-state index contributed by atoms with van der Waals surface area (Å²) in [6, 6.07) is 17.2. The monoisotopic (exact) mass is 518 g/mol. The summed E-state index contributed by atoms with van der Waals surface area (Å²) in [7, 11) is 0. The number of rotatable bonds is 4. The highest BCUT2D eigenvalue weighted by molar-refractivity contribution is 6.36. The van der Waals surface area contributed by atoms with E-state index in [9.17, 15) is 28.0 Å². The average molecular weight is 519 g/mol. The second-order valence-corrected chi connectivity index (χ2v) is 8.77. The molecule has 35 heavy (non-hydrogen) atoms. The summed E-state index contributed by atoms with van der Waals surface area (Å²) >= 11 is 12.2. The number of hydrogen-bond donors (Lipinski definition) is 0. The quantitative estimate of drug-likeness (QED) is 0.382. The highest BCUT2D eigenvalue weighted by atomic mass is 35.5. The molecule has 3 aromatic rings. The molecule has 5 nitrogen and oxygen atoms in total. The highest BCUT2D eigenvalue weighted by Crippen LogP contribution is 2.48. The molecule has 0 saturated carbocycles. The minimum atomic E-state index is -4.89. The van der Waals surface area contributed by atoms with Gasteiger partial charge < -0.3 is 4.74 Å². The molecule has 10 heteroatoms. The van der Waals surface area contributed by atoms with Crippen LogP contribution in [0.15, 0.2) is 66.7 Å². The van der Waals surface area contributed by atoms with Crippen molar-refractivity contribution in [2.75, 3.05) is 4.90 Å². The molecule has 4 rings (SSSR count).